The van der Waals surface area contributed by atoms with E-state index in [0.717, 1.165) is 25.5 Å². The molecule has 0 aliphatic rings. The summed E-state index contributed by atoms with van der Waals surface area (Å²) in [5.41, 5.74) is 0. The van der Waals surface area contributed by atoms with Crippen molar-refractivity contribution >= 4 is 6.29 Å². The van der Waals surface area contributed by atoms with E-state index in [-0.39, 0.29) is 6.67 Å². The Bertz CT molecular complexity index is 63.9. The van der Waals surface area contributed by atoms with Gasteiger partial charge in [-0.2, -0.15) is 0 Å². The van der Waals surface area contributed by atoms with E-state index in [2.05, 4.69) is 0 Å². The first-order chi connectivity index (χ1) is 4.41. The average molecular weight is 132 g/mol. The monoisotopic (exact) mass is 132 g/mol. The van der Waals surface area contributed by atoms with Crippen molar-refractivity contribution in [2.24, 2.45) is 0 Å². The second-order valence-electron chi connectivity index (χ2n) is 2.06. The van der Waals surface area contributed by atoms with E-state index >= 15 is 0 Å². The van der Waals surface area contributed by atoms with Gasteiger partial charge in [-0.15, -0.1) is 0 Å². The van der Waals surface area contributed by atoms with Crippen molar-refractivity contribution in [1.82, 2.24) is 0 Å². The minimum absolute atomic E-state index is 0.221. The maximum atomic E-state index is 11.4. The zero-order chi connectivity index (χ0) is 6.95. The molecule has 0 heterocycles. The summed E-state index contributed by atoms with van der Waals surface area (Å²) in [7, 11) is 0. The molecule has 0 saturated carbocycles. The molecule has 0 aromatic rings. The van der Waals surface area contributed by atoms with Gasteiger partial charge in [0.2, 0.25) is 0 Å². The number of alkyl halides is 1. The Morgan fingerprint density at radius 2 is 1.78 bits per heavy atom. The van der Waals surface area contributed by atoms with E-state index in [9.17, 15) is 9.18 Å². The SMILES string of the molecule is O=CCCCCCCF. The molecule has 0 rings (SSSR count). The maximum absolute atomic E-state index is 11.4. The van der Waals surface area contributed by atoms with Crippen molar-refractivity contribution in [3.8, 4) is 0 Å². The lowest BCUT2D eigenvalue weighted by Gasteiger charge is -1.92. The average Bonchev–Trinajstić information content (AvgIpc) is 1.89. The zero-order valence-electron chi connectivity index (χ0n) is 5.61. The number of carbonyl (C=O) groups excluding carboxylic acids is 1. The van der Waals surface area contributed by atoms with Crippen LogP contribution in [-0.2, 0) is 4.79 Å². The summed E-state index contributed by atoms with van der Waals surface area (Å²) in [5.74, 6) is 0. The van der Waals surface area contributed by atoms with Crippen LogP contribution >= 0.6 is 0 Å². The molecule has 0 aliphatic heterocycles. The molecule has 0 saturated heterocycles. The fraction of sp³-hybridized carbons (Fsp3) is 0.857. The van der Waals surface area contributed by atoms with Gasteiger partial charge < -0.3 is 4.79 Å². The Kier molecular flexibility index (Phi) is 7.26. The molecule has 2 heteroatoms. The predicted molar refractivity (Wildman–Crippen MR) is 35.1 cm³/mol. The Hall–Kier alpha value is -0.400. The third-order valence-corrected chi connectivity index (χ3v) is 1.21. The van der Waals surface area contributed by atoms with Gasteiger partial charge in [0.15, 0.2) is 0 Å². The first-order valence-corrected chi connectivity index (χ1v) is 3.41. The second-order valence-corrected chi connectivity index (χ2v) is 2.06. The molecule has 9 heavy (non-hydrogen) atoms. The van der Waals surface area contributed by atoms with Crippen LogP contribution in [0.2, 0.25) is 0 Å². The minimum Gasteiger partial charge on any atom is -0.303 e. The summed E-state index contributed by atoms with van der Waals surface area (Å²) in [6, 6.07) is 0. The summed E-state index contributed by atoms with van der Waals surface area (Å²) in [5, 5.41) is 0. The van der Waals surface area contributed by atoms with Crippen LogP contribution in [0.25, 0.3) is 0 Å². The summed E-state index contributed by atoms with van der Waals surface area (Å²) >= 11 is 0. The molecule has 0 fully saturated rings. The van der Waals surface area contributed by atoms with Crippen LogP contribution in [0.1, 0.15) is 32.1 Å². The first kappa shape index (κ1) is 8.60. The Balaban J connectivity index is 2.66. The van der Waals surface area contributed by atoms with E-state index in [4.69, 9.17) is 0 Å². The van der Waals surface area contributed by atoms with Gasteiger partial charge in [0, 0.05) is 6.42 Å². The molecule has 0 N–H and O–H groups in total. The van der Waals surface area contributed by atoms with Crippen molar-refractivity contribution in [3.63, 3.8) is 0 Å². The van der Waals surface area contributed by atoms with Crippen LogP contribution in [0.5, 0.6) is 0 Å². The van der Waals surface area contributed by atoms with Crippen molar-refractivity contribution in [2.75, 3.05) is 6.67 Å². The summed E-state index contributed by atoms with van der Waals surface area (Å²) < 4.78 is 11.4. The van der Waals surface area contributed by atoms with E-state index in [1.807, 2.05) is 0 Å². The molecule has 0 bridgehead atoms. The van der Waals surface area contributed by atoms with Gasteiger partial charge in [-0.25, -0.2) is 0 Å². The number of carbonyl (C=O) groups is 1. The molecule has 0 atom stereocenters. The molecule has 54 valence electrons. The van der Waals surface area contributed by atoms with Crippen LogP contribution in [0.15, 0.2) is 0 Å². The largest absolute Gasteiger partial charge is 0.303 e. The summed E-state index contributed by atoms with van der Waals surface area (Å²) in [6.07, 6.45) is 5.02. The first-order valence-electron chi connectivity index (χ1n) is 3.41. The van der Waals surface area contributed by atoms with Crippen molar-refractivity contribution in [3.05, 3.63) is 0 Å². The van der Waals surface area contributed by atoms with Gasteiger partial charge >= 0.3 is 0 Å². The second kappa shape index (κ2) is 7.60. The molecular formula is C7H13FO. The molecule has 0 aliphatic carbocycles. The molecule has 0 radical (unpaired) electrons. The Labute approximate surface area is 55.3 Å². The molecule has 0 spiro atoms. The zero-order valence-corrected chi connectivity index (χ0v) is 5.61. The van der Waals surface area contributed by atoms with Crippen molar-refractivity contribution in [2.45, 2.75) is 32.1 Å². The normalized spacial score (nSPS) is 9.44. The highest BCUT2D eigenvalue weighted by Crippen LogP contribution is 2.00. The fourth-order valence-corrected chi connectivity index (χ4v) is 0.676. The van der Waals surface area contributed by atoms with E-state index in [1.54, 1.807) is 0 Å². The number of hydrogen-bond acceptors (Lipinski definition) is 1. The number of rotatable bonds is 6. The number of hydrogen-bond donors (Lipinski definition) is 0. The topological polar surface area (TPSA) is 17.1 Å². The molecule has 1 nitrogen and oxygen atoms in total. The van der Waals surface area contributed by atoms with E-state index < -0.39 is 0 Å². The lowest BCUT2D eigenvalue weighted by molar-refractivity contribution is -0.107. The van der Waals surface area contributed by atoms with Crippen LogP contribution in [0, 0.1) is 0 Å². The molecule has 0 amide bonds. The quantitative estimate of drug-likeness (QED) is 0.399. The van der Waals surface area contributed by atoms with Gasteiger partial charge in [-0.1, -0.05) is 12.8 Å². The maximum Gasteiger partial charge on any atom is 0.119 e. The van der Waals surface area contributed by atoms with Gasteiger partial charge in [0.1, 0.15) is 6.29 Å². The van der Waals surface area contributed by atoms with Gasteiger partial charge in [-0.05, 0) is 12.8 Å². The number of aldehydes is 1. The smallest absolute Gasteiger partial charge is 0.119 e. The third kappa shape index (κ3) is 7.60. The highest BCUT2D eigenvalue weighted by molar-refractivity contribution is 5.48. The summed E-state index contributed by atoms with van der Waals surface area (Å²) in [4.78, 5) is 9.76. The van der Waals surface area contributed by atoms with Gasteiger partial charge in [0.25, 0.3) is 0 Å². The van der Waals surface area contributed by atoms with Crippen LogP contribution < -0.4 is 0 Å². The van der Waals surface area contributed by atoms with Crippen molar-refractivity contribution < 1.29 is 9.18 Å². The van der Waals surface area contributed by atoms with E-state index in [1.165, 1.54) is 0 Å². The third-order valence-electron chi connectivity index (χ3n) is 1.21. The summed E-state index contributed by atoms with van der Waals surface area (Å²) in [6.45, 7) is -0.221. The Morgan fingerprint density at radius 3 is 2.33 bits per heavy atom. The number of unbranched alkanes of at least 4 members (excludes halogenated alkanes) is 4. The molecule has 0 unspecified atom stereocenters. The lowest BCUT2D eigenvalue weighted by atomic mass is 10.2. The lowest BCUT2D eigenvalue weighted by Crippen LogP contribution is -1.80. The van der Waals surface area contributed by atoms with E-state index in [0.29, 0.717) is 12.8 Å². The fourth-order valence-electron chi connectivity index (χ4n) is 0.676. The highest BCUT2D eigenvalue weighted by atomic mass is 19.1. The standard InChI is InChI=1S/C7H13FO/c8-6-4-2-1-3-5-7-9/h7H,1-6H2. The van der Waals surface area contributed by atoms with Crippen LogP contribution in [0.3, 0.4) is 0 Å². The number of halogens is 1. The van der Waals surface area contributed by atoms with Crippen molar-refractivity contribution in [1.29, 1.82) is 0 Å². The predicted octanol–water partition coefficient (Wildman–Crippen LogP) is 2.11. The highest BCUT2D eigenvalue weighted by Gasteiger charge is 1.87. The van der Waals surface area contributed by atoms with Gasteiger partial charge in [0.05, 0.1) is 6.67 Å². The molecule has 0 aromatic carbocycles. The van der Waals surface area contributed by atoms with Crippen LogP contribution in [0.4, 0.5) is 4.39 Å². The minimum atomic E-state index is -0.221. The van der Waals surface area contributed by atoms with Gasteiger partial charge in [-0.3, -0.25) is 4.39 Å². The molecule has 0 aromatic heterocycles. The molecular weight excluding hydrogens is 119 g/mol. The Morgan fingerprint density at radius 1 is 1.11 bits per heavy atom. The van der Waals surface area contributed by atoms with Crippen LogP contribution in [-0.4, -0.2) is 13.0 Å².